The Kier molecular flexibility index (Phi) is 7.16. The fourth-order valence-corrected chi connectivity index (χ4v) is 9.91. The Bertz CT molecular complexity index is 3460. The van der Waals surface area contributed by atoms with Crippen LogP contribution < -0.4 is 4.90 Å². The number of aryl methyl sites for hydroxylation is 1. The third kappa shape index (κ3) is 4.87. The Labute approximate surface area is 342 Å². The molecule has 8 aromatic carbocycles. The lowest BCUT2D eigenvalue weighted by Gasteiger charge is -2.29. The van der Waals surface area contributed by atoms with Gasteiger partial charge in [0.2, 0.25) is 0 Å². The lowest BCUT2D eigenvalue weighted by molar-refractivity contribution is 0.660. The van der Waals surface area contributed by atoms with Gasteiger partial charge in [-0.1, -0.05) is 147 Å². The molecule has 0 bridgehead atoms. The maximum absolute atomic E-state index is 5.41. The van der Waals surface area contributed by atoms with Crippen molar-refractivity contribution in [1.29, 1.82) is 0 Å². The third-order valence-electron chi connectivity index (χ3n) is 12.8. The standard InChI is InChI=1S/C55H40N4/c1-35-24-29-39(30-25-35)57(50-23-13-21-47-51(50)43-18-9-11-20-46(43)55(47,2)3)40-31-26-36(27-32-40)37-28-33-49-45(34-37)41-16-7-8-17-42(41)53-56-52-44-19-10-12-22-48(44)58(54(52)59(49)53)38-14-5-4-6-15-38/h4-34H,1-3H3. The zero-order valence-corrected chi connectivity index (χ0v) is 33.2. The van der Waals surface area contributed by atoms with Crippen LogP contribution in [0.25, 0.3) is 77.3 Å². The topological polar surface area (TPSA) is 25.5 Å². The Hall–Kier alpha value is -7.43. The van der Waals surface area contributed by atoms with Crippen molar-refractivity contribution in [3.8, 4) is 27.9 Å². The van der Waals surface area contributed by atoms with Crippen molar-refractivity contribution >= 4 is 66.5 Å². The van der Waals surface area contributed by atoms with Gasteiger partial charge in [0.15, 0.2) is 5.65 Å². The molecule has 0 spiro atoms. The van der Waals surface area contributed by atoms with Gasteiger partial charge in [-0.3, -0.25) is 8.97 Å². The van der Waals surface area contributed by atoms with Gasteiger partial charge in [0.25, 0.3) is 0 Å². The summed E-state index contributed by atoms with van der Waals surface area (Å²) in [4.78, 5) is 7.84. The minimum absolute atomic E-state index is 0.0861. The van der Waals surface area contributed by atoms with Crippen LogP contribution in [0.2, 0.25) is 0 Å². The van der Waals surface area contributed by atoms with Crippen LogP contribution in [0.4, 0.5) is 17.1 Å². The number of imidazole rings is 1. The summed E-state index contributed by atoms with van der Waals surface area (Å²) >= 11 is 0. The highest BCUT2D eigenvalue weighted by atomic mass is 15.2. The first-order valence-electron chi connectivity index (χ1n) is 20.5. The average Bonchev–Trinajstić information content (AvgIpc) is 3.90. The Morgan fingerprint density at radius 1 is 0.508 bits per heavy atom. The van der Waals surface area contributed by atoms with E-state index in [1.165, 1.54) is 55.4 Å². The molecule has 0 radical (unpaired) electrons. The van der Waals surface area contributed by atoms with Crippen LogP contribution >= 0.6 is 0 Å². The van der Waals surface area contributed by atoms with E-state index in [0.29, 0.717) is 0 Å². The highest BCUT2D eigenvalue weighted by Gasteiger charge is 2.37. The van der Waals surface area contributed by atoms with E-state index >= 15 is 0 Å². The Morgan fingerprint density at radius 2 is 1.15 bits per heavy atom. The van der Waals surface area contributed by atoms with E-state index in [9.17, 15) is 0 Å². The van der Waals surface area contributed by atoms with E-state index in [2.05, 4.69) is 223 Å². The van der Waals surface area contributed by atoms with E-state index in [4.69, 9.17) is 4.98 Å². The fraction of sp³-hybridized carbons (Fsp3) is 0.0727. The fourth-order valence-electron chi connectivity index (χ4n) is 9.91. The van der Waals surface area contributed by atoms with Gasteiger partial charge in [-0.25, -0.2) is 4.98 Å². The first-order valence-corrected chi connectivity index (χ1v) is 20.5. The van der Waals surface area contributed by atoms with Crippen molar-refractivity contribution in [2.75, 3.05) is 4.90 Å². The Morgan fingerprint density at radius 3 is 1.95 bits per heavy atom. The number of aromatic nitrogens is 3. The van der Waals surface area contributed by atoms with Crippen LogP contribution in [0.3, 0.4) is 0 Å². The first-order chi connectivity index (χ1) is 29.0. The lowest BCUT2D eigenvalue weighted by atomic mass is 9.82. The summed E-state index contributed by atoms with van der Waals surface area (Å²) in [7, 11) is 0. The van der Waals surface area contributed by atoms with E-state index in [0.717, 1.165) is 55.7 Å². The number of anilines is 3. The number of hydrogen-bond donors (Lipinski definition) is 0. The summed E-state index contributed by atoms with van der Waals surface area (Å²) < 4.78 is 4.75. The van der Waals surface area contributed by atoms with E-state index in [1.807, 2.05) is 0 Å². The number of fused-ring (bicyclic) bond motifs is 13. The molecule has 0 saturated heterocycles. The molecule has 0 aliphatic heterocycles. The SMILES string of the molecule is Cc1ccc(N(c2ccc(-c3ccc4c(c3)c3ccccc3c3nc5c6ccccc6n(-c6ccccc6)c5n43)cc2)c2cccc3c2-c2ccccc2C3(C)C)cc1. The zero-order chi connectivity index (χ0) is 39.4. The summed E-state index contributed by atoms with van der Waals surface area (Å²) in [5, 5.41) is 4.68. The second-order valence-electron chi connectivity index (χ2n) is 16.5. The molecule has 4 heteroatoms. The van der Waals surface area contributed by atoms with Gasteiger partial charge in [0.05, 0.1) is 16.7 Å². The molecule has 0 atom stereocenters. The molecule has 12 rings (SSSR count). The van der Waals surface area contributed by atoms with E-state index in [1.54, 1.807) is 0 Å². The van der Waals surface area contributed by atoms with Crippen molar-refractivity contribution in [2.24, 2.45) is 0 Å². The minimum atomic E-state index is -0.0861. The van der Waals surface area contributed by atoms with Gasteiger partial charge in [0, 0.05) is 44.2 Å². The molecular formula is C55H40N4. The van der Waals surface area contributed by atoms with Gasteiger partial charge < -0.3 is 4.90 Å². The van der Waals surface area contributed by atoms with Crippen molar-refractivity contribution in [3.63, 3.8) is 0 Å². The number of rotatable bonds is 5. The zero-order valence-electron chi connectivity index (χ0n) is 33.2. The van der Waals surface area contributed by atoms with Gasteiger partial charge in [-0.15, -0.1) is 0 Å². The predicted octanol–water partition coefficient (Wildman–Crippen LogP) is 14.5. The van der Waals surface area contributed by atoms with E-state index in [-0.39, 0.29) is 5.41 Å². The van der Waals surface area contributed by atoms with Crippen molar-refractivity contribution in [2.45, 2.75) is 26.2 Å². The maximum Gasteiger partial charge on any atom is 0.151 e. The minimum Gasteiger partial charge on any atom is -0.310 e. The molecule has 0 fully saturated rings. The second kappa shape index (κ2) is 12.5. The lowest BCUT2D eigenvalue weighted by Crippen LogP contribution is -2.16. The van der Waals surface area contributed by atoms with Crippen molar-refractivity contribution in [3.05, 3.63) is 205 Å². The molecule has 11 aromatic rings. The third-order valence-corrected chi connectivity index (χ3v) is 12.8. The molecule has 1 aliphatic carbocycles. The van der Waals surface area contributed by atoms with Gasteiger partial charge in [-0.2, -0.15) is 0 Å². The maximum atomic E-state index is 5.41. The smallest absolute Gasteiger partial charge is 0.151 e. The number of para-hydroxylation sites is 2. The number of benzene rings is 8. The molecule has 3 aromatic heterocycles. The molecule has 1 aliphatic rings. The van der Waals surface area contributed by atoms with Crippen LogP contribution in [0.5, 0.6) is 0 Å². The molecule has 59 heavy (non-hydrogen) atoms. The van der Waals surface area contributed by atoms with Crippen LogP contribution in [0, 0.1) is 6.92 Å². The summed E-state index contributed by atoms with van der Waals surface area (Å²) in [6.45, 7) is 6.85. The predicted molar refractivity (Wildman–Crippen MR) is 247 cm³/mol. The van der Waals surface area contributed by atoms with E-state index < -0.39 is 0 Å². The van der Waals surface area contributed by atoms with Crippen LogP contribution in [-0.4, -0.2) is 14.0 Å². The highest BCUT2D eigenvalue weighted by Crippen LogP contribution is 2.54. The molecule has 280 valence electrons. The first kappa shape index (κ1) is 33.7. The number of nitrogens with zero attached hydrogens (tertiary/aromatic N) is 4. The summed E-state index contributed by atoms with van der Waals surface area (Å²) in [5.41, 5.74) is 18.8. The van der Waals surface area contributed by atoms with Crippen molar-refractivity contribution in [1.82, 2.24) is 14.0 Å². The molecular weight excluding hydrogens is 717 g/mol. The normalized spacial score (nSPS) is 13.1. The largest absolute Gasteiger partial charge is 0.310 e. The average molecular weight is 757 g/mol. The van der Waals surface area contributed by atoms with Gasteiger partial charge in [0.1, 0.15) is 11.2 Å². The molecule has 4 nitrogen and oxygen atoms in total. The number of hydrogen-bond acceptors (Lipinski definition) is 2. The summed E-state index contributed by atoms with van der Waals surface area (Å²) in [6, 6.07) is 68.7. The second-order valence-corrected chi connectivity index (χ2v) is 16.5. The molecule has 0 unspecified atom stereocenters. The van der Waals surface area contributed by atoms with Gasteiger partial charge >= 0.3 is 0 Å². The Balaban J connectivity index is 1.04. The highest BCUT2D eigenvalue weighted by molar-refractivity contribution is 6.17. The summed E-state index contributed by atoms with van der Waals surface area (Å²) in [6.07, 6.45) is 0. The van der Waals surface area contributed by atoms with Crippen molar-refractivity contribution < 1.29 is 0 Å². The molecule has 0 saturated carbocycles. The quantitative estimate of drug-likeness (QED) is 0.163. The monoisotopic (exact) mass is 756 g/mol. The molecule has 3 heterocycles. The van der Waals surface area contributed by atoms with Crippen LogP contribution in [0.15, 0.2) is 188 Å². The molecule has 0 amide bonds. The number of pyridine rings is 1. The summed E-state index contributed by atoms with van der Waals surface area (Å²) in [5.74, 6) is 0. The van der Waals surface area contributed by atoms with Crippen LogP contribution in [0.1, 0.15) is 30.5 Å². The van der Waals surface area contributed by atoms with Crippen LogP contribution in [-0.2, 0) is 5.41 Å². The molecule has 0 N–H and O–H groups in total. The van der Waals surface area contributed by atoms with Gasteiger partial charge in [-0.05, 0) is 101 Å².